The number of hydrogen-bond donors (Lipinski definition) is 0. The molecule has 0 bridgehead atoms. The highest BCUT2D eigenvalue weighted by molar-refractivity contribution is 7.55. The Morgan fingerprint density at radius 1 is 0.875 bits per heavy atom. The number of rotatable bonds is 2. The largest absolute Gasteiger partial charge is 0.870 e. The minimum atomic E-state index is -0.0786. The molecule has 1 unspecified atom stereocenters. The van der Waals surface area contributed by atoms with Crippen molar-refractivity contribution in [3.05, 3.63) is 53.6 Å². The third-order valence-corrected chi connectivity index (χ3v) is 4.05. The quantitative estimate of drug-likeness (QED) is 0.721. The molecule has 0 fully saturated rings. The summed E-state index contributed by atoms with van der Waals surface area (Å²) < 4.78 is 0. The maximum atomic E-state index is 11.7. The molecule has 2 rings (SSSR count). The molecular formula is C14H15OP. The van der Waals surface area contributed by atoms with E-state index < -0.39 is 0 Å². The molecule has 82 valence electrons. The molecule has 0 saturated carbocycles. The molecular weight excluding hydrogens is 215 g/mol. The van der Waals surface area contributed by atoms with Gasteiger partial charge in [0.2, 0.25) is 0 Å². The molecule has 2 aromatic carbocycles. The average Bonchev–Trinajstić information content (AvgIpc) is 2.27. The first-order valence-electron chi connectivity index (χ1n) is 5.34. The Morgan fingerprint density at radius 2 is 1.50 bits per heavy atom. The van der Waals surface area contributed by atoms with Crippen molar-refractivity contribution in [1.29, 1.82) is 0 Å². The predicted molar refractivity (Wildman–Crippen MR) is 70.8 cm³/mol. The lowest BCUT2D eigenvalue weighted by atomic mass is 10.2. The van der Waals surface area contributed by atoms with Crippen LogP contribution in [0.5, 0.6) is 5.75 Å². The van der Waals surface area contributed by atoms with E-state index in [1.807, 2.05) is 19.1 Å². The van der Waals surface area contributed by atoms with Crippen molar-refractivity contribution in [1.82, 2.24) is 0 Å². The van der Waals surface area contributed by atoms with Crippen LogP contribution in [-0.2, 0) is 0 Å². The molecule has 0 saturated heterocycles. The van der Waals surface area contributed by atoms with Gasteiger partial charge in [-0.25, -0.2) is 0 Å². The molecule has 1 nitrogen and oxygen atoms in total. The highest BCUT2D eigenvalue weighted by Crippen LogP contribution is 2.17. The van der Waals surface area contributed by atoms with Crippen molar-refractivity contribution in [2.24, 2.45) is 0 Å². The number of benzene rings is 2. The molecule has 1 atom stereocenters. The summed E-state index contributed by atoms with van der Waals surface area (Å²) >= 11 is 0. The van der Waals surface area contributed by atoms with Crippen LogP contribution >= 0.6 is 8.58 Å². The third kappa shape index (κ3) is 2.62. The Morgan fingerprint density at radius 3 is 2.19 bits per heavy atom. The minimum absolute atomic E-state index is 0.0786. The zero-order valence-electron chi connectivity index (χ0n) is 9.53. The fourth-order valence-corrected chi connectivity index (χ4v) is 2.95. The lowest BCUT2D eigenvalue weighted by Gasteiger charge is -2.09. The lowest BCUT2D eigenvalue weighted by Crippen LogP contribution is -2.10. The maximum absolute atomic E-state index is 11.7. The van der Waals surface area contributed by atoms with Crippen molar-refractivity contribution >= 4 is 19.2 Å². The topological polar surface area (TPSA) is 23.1 Å². The SMILES string of the molecule is Cc1ccc([PH2+]c2cc(C)ccc2[O-])cc1. The van der Waals surface area contributed by atoms with Gasteiger partial charge in [-0.3, -0.25) is 0 Å². The molecule has 0 aliphatic rings. The molecule has 0 N–H and O–H groups in total. The van der Waals surface area contributed by atoms with Crippen molar-refractivity contribution in [2.75, 3.05) is 0 Å². The number of hydrogen-bond acceptors (Lipinski definition) is 1. The normalized spacial score (nSPS) is 11.1. The van der Waals surface area contributed by atoms with Gasteiger partial charge < -0.3 is 5.11 Å². The van der Waals surface area contributed by atoms with E-state index in [4.69, 9.17) is 0 Å². The van der Waals surface area contributed by atoms with Crippen LogP contribution in [0.1, 0.15) is 11.1 Å². The summed E-state index contributed by atoms with van der Waals surface area (Å²) in [6, 6.07) is 14.0. The molecule has 0 aromatic heterocycles. The zero-order chi connectivity index (χ0) is 11.5. The molecule has 0 aliphatic heterocycles. The van der Waals surface area contributed by atoms with Crippen molar-refractivity contribution < 1.29 is 5.11 Å². The van der Waals surface area contributed by atoms with E-state index in [2.05, 4.69) is 31.2 Å². The van der Waals surface area contributed by atoms with Gasteiger partial charge in [0.05, 0.1) is 19.2 Å². The fraction of sp³-hybridized carbons (Fsp3) is 0.143. The van der Waals surface area contributed by atoms with E-state index in [0.29, 0.717) is 0 Å². The van der Waals surface area contributed by atoms with Gasteiger partial charge in [0.25, 0.3) is 0 Å². The first-order valence-corrected chi connectivity index (χ1v) is 6.50. The molecule has 2 heteroatoms. The van der Waals surface area contributed by atoms with E-state index in [-0.39, 0.29) is 14.3 Å². The second kappa shape index (κ2) is 4.67. The van der Waals surface area contributed by atoms with Crippen LogP contribution in [0.25, 0.3) is 0 Å². The summed E-state index contributed by atoms with van der Waals surface area (Å²) in [5.74, 6) is 0.168. The second-order valence-corrected chi connectivity index (χ2v) is 5.67. The third-order valence-electron chi connectivity index (χ3n) is 2.56. The summed E-state index contributed by atoms with van der Waals surface area (Å²) in [4.78, 5) is 0. The van der Waals surface area contributed by atoms with Crippen molar-refractivity contribution in [3.63, 3.8) is 0 Å². The summed E-state index contributed by atoms with van der Waals surface area (Å²) in [6.07, 6.45) is 0. The van der Waals surface area contributed by atoms with Gasteiger partial charge in [0.1, 0.15) is 0 Å². The first-order chi connectivity index (χ1) is 7.65. The van der Waals surface area contributed by atoms with Crippen LogP contribution in [0, 0.1) is 13.8 Å². The van der Waals surface area contributed by atoms with E-state index in [9.17, 15) is 5.11 Å². The monoisotopic (exact) mass is 230 g/mol. The Labute approximate surface area is 97.9 Å². The molecule has 0 radical (unpaired) electrons. The summed E-state index contributed by atoms with van der Waals surface area (Å²) in [7, 11) is -0.0786. The molecule has 0 spiro atoms. The molecule has 0 aliphatic carbocycles. The van der Waals surface area contributed by atoms with Gasteiger partial charge in [0, 0.05) is 0 Å². The van der Waals surface area contributed by atoms with Gasteiger partial charge in [-0.1, -0.05) is 35.6 Å². The molecule has 2 aromatic rings. The Bertz CT molecular complexity index is 489. The van der Waals surface area contributed by atoms with E-state index in [0.717, 1.165) is 10.9 Å². The smallest absolute Gasteiger partial charge is 0.0942 e. The van der Waals surface area contributed by atoms with Crippen LogP contribution < -0.4 is 15.7 Å². The van der Waals surface area contributed by atoms with E-state index in [1.165, 1.54) is 10.9 Å². The van der Waals surface area contributed by atoms with Crippen LogP contribution in [0.2, 0.25) is 0 Å². The summed E-state index contributed by atoms with van der Waals surface area (Å²) in [5.41, 5.74) is 2.42. The average molecular weight is 230 g/mol. The van der Waals surface area contributed by atoms with Crippen LogP contribution in [0.4, 0.5) is 0 Å². The maximum Gasteiger partial charge on any atom is 0.0942 e. The van der Waals surface area contributed by atoms with Crippen molar-refractivity contribution in [3.8, 4) is 5.75 Å². The second-order valence-electron chi connectivity index (χ2n) is 4.10. The van der Waals surface area contributed by atoms with E-state index in [1.54, 1.807) is 6.07 Å². The standard InChI is InChI=1S/C14H15OP/c1-10-3-6-12(7-4-10)16-14-9-11(2)5-8-13(14)15/h3-9,15-16H,1-2H3. The van der Waals surface area contributed by atoms with Gasteiger partial charge in [-0.05, 0) is 37.6 Å². The van der Waals surface area contributed by atoms with Gasteiger partial charge in [-0.2, -0.15) is 0 Å². The zero-order valence-corrected chi connectivity index (χ0v) is 10.7. The lowest BCUT2D eigenvalue weighted by molar-refractivity contribution is -0.266. The van der Waals surface area contributed by atoms with Gasteiger partial charge in [-0.15, -0.1) is 0 Å². The van der Waals surface area contributed by atoms with Crippen LogP contribution in [0.15, 0.2) is 42.5 Å². The molecule has 16 heavy (non-hydrogen) atoms. The Balaban J connectivity index is 2.26. The molecule has 0 amide bonds. The summed E-state index contributed by atoms with van der Waals surface area (Å²) in [5, 5.41) is 13.9. The van der Waals surface area contributed by atoms with Crippen LogP contribution in [0.3, 0.4) is 0 Å². The van der Waals surface area contributed by atoms with Gasteiger partial charge in [0.15, 0.2) is 0 Å². The van der Waals surface area contributed by atoms with Gasteiger partial charge >= 0.3 is 0 Å². The van der Waals surface area contributed by atoms with E-state index >= 15 is 0 Å². The minimum Gasteiger partial charge on any atom is -0.870 e. The Kier molecular flexibility index (Phi) is 3.26. The predicted octanol–water partition coefficient (Wildman–Crippen LogP) is 1.74. The Hall–Kier alpha value is -1.33. The number of aryl methyl sites for hydroxylation is 2. The van der Waals surface area contributed by atoms with Crippen LogP contribution in [-0.4, -0.2) is 0 Å². The summed E-state index contributed by atoms with van der Waals surface area (Å²) in [6.45, 7) is 4.10. The molecule has 0 heterocycles. The fourth-order valence-electron chi connectivity index (χ4n) is 1.62. The highest BCUT2D eigenvalue weighted by Gasteiger charge is 2.05. The van der Waals surface area contributed by atoms with Crippen molar-refractivity contribution in [2.45, 2.75) is 13.8 Å². The highest BCUT2D eigenvalue weighted by atomic mass is 31.1. The first kappa shape index (κ1) is 11.2.